The van der Waals surface area contributed by atoms with Gasteiger partial charge in [-0.05, 0) is 60.5 Å². The Morgan fingerprint density at radius 1 is 1.00 bits per heavy atom. The first-order chi connectivity index (χ1) is 16.5. The van der Waals surface area contributed by atoms with E-state index in [1.54, 1.807) is 30.1 Å². The molecule has 8 nitrogen and oxygen atoms in total. The minimum Gasteiger partial charge on any atom is -0.494 e. The van der Waals surface area contributed by atoms with Gasteiger partial charge in [-0.15, -0.1) is 5.10 Å². The third kappa shape index (κ3) is 5.73. The van der Waals surface area contributed by atoms with E-state index in [1.807, 2.05) is 65.5 Å². The maximum Gasteiger partial charge on any atom is 0.243 e. The van der Waals surface area contributed by atoms with Crippen LogP contribution in [0.15, 0.2) is 84.1 Å². The molecule has 2 heterocycles. The van der Waals surface area contributed by atoms with Crippen molar-refractivity contribution in [1.29, 1.82) is 0 Å². The second-order valence-electron chi connectivity index (χ2n) is 8.11. The summed E-state index contributed by atoms with van der Waals surface area (Å²) in [7, 11) is -2.11. The summed E-state index contributed by atoms with van der Waals surface area (Å²) >= 11 is 0. The van der Waals surface area contributed by atoms with Gasteiger partial charge in [-0.2, -0.15) is 4.31 Å². The number of nitrogens with zero attached hydrogens (tertiary/aromatic N) is 5. The maximum atomic E-state index is 13.0. The quantitative estimate of drug-likeness (QED) is 0.302. The van der Waals surface area contributed by atoms with Crippen molar-refractivity contribution in [3.05, 3.63) is 90.5 Å². The number of sulfonamides is 1. The molecular formula is C25H29N5O3S. The molecule has 178 valence electrons. The largest absolute Gasteiger partial charge is 0.494 e. The molecule has 0 spiro atoms. The minimum atomic E-state index is -3.66. The Morgan fingerprint density at radius 2 is 1.71 bits per heavy atom. The Balaban J connectivity index is 1.39. The van der Waals surface area contributed by atoms with Crippen LogP contribution >= 0.6 is 0 Å². The normalized spacial score (nSPS) is 11.7. The van der Waals surface area contributed by atoms with Crippen molar-refractivity contribution in [2.24, 2.45) is 0 Å². The summed E-state index contributed by atoms with van der Waals surface area (Å²) in [6.07, 6.45) is 7.79. The first kappa shape index (κ1) is 23.7. The van der Waals surface area contributed by atoms with Gasteiger partial charge in [-0.3, -0.25) is 0 Å². The van der Waals surface area contributed by atoms with E-state index in [0.29, 0.717) is 18.8 Å². The minimum absolute atomic E-state index is 0.117. The fourth-order valence-electron chi connectivity index (χ4n) is 3.47. The standard InChI is InChI=1S/C25H29N5O3S/c1-3-4-17-33-24-11-9-23(10-12-24)30-20-22(26-27-30)19-28(2)34(31,32)25-13-7-21(8-14-25)18-29-15-5-6-16-29/h5-16,20H,3-4,17-19H2,1-2H3. The highest BCUT2D eigenvalue weighted by atomic mass is 32.2. The van der Waals surface area contributed by atoms with Gasteiger partial charge in [0.1, 0.15) is 5.75 Å². The molecule has 0 radical (unpaired) electrons. The molecule has 0 fully saturated rings. The summed E-state index contributed by atoms with van der Waals surface area (Å²) < 4.78 is 36.7. The predicted octanol–water partition coefficient (Wildman–Crippen LogP) is 4.12. The predicted molar refractivity (Wildman–Crippen MR) is 130 cm³/mol. The Hall–Kier alpha value is -3.43. The molecule has 0 saturated heterocycles. The van der Waals surface area contributed by atoms with E-state index in [2.05, 4.69) is 17.2 Å². The Kier molecular flexibility index (Phi) is 7.44. The Bertz CT molecular complexity index is 1280. The summed E-state index contributed by atoms with van der Waals surface area (Å²) in [5, 5.41) is 8.30. The van der Waals surface area contributed by atoms with Crippen LogP contribution in [-0.4, -0.2) is 45.9 Å². The van der Waals surface area contributed by atoms with Gasteiger partial charge < -0.3 is 9.30 Å². The summed E-state index contributed by atoms with van der Waals surface area (Å²) in [4.78, 5) is 0.248. The second kappa shape index (κ2) is 10.7. The molecule has 0 aliphatic carbocycles. The third-order valence-electron chi connectivity index (χ3n) is 5.46. The van der Waals surface area contributed by atoms with Crippen LogP contribution in [0.2, 0.25) is 0 Å². The van der Waals surface area contributed by atoms with E-state index in [-0.39, 0.29) is 11.4 Å². The summed E-state index contributed by atoms with van der Waals surface area (Å²) in [5.41, 5.74) is 2.41. The number of aromatic nitrogens is 4. The molecule has 9 heteroatoms. The second-order valence-corrected chi connectivity index (χ2v) is 10.2. The lowest BCUT2D eigenvalue weighted by Gasteiger charge is -2.16. The first-order valence-electron chi connectivity index (χ1n) is 11.3. The van der Waals surface area contributed by atoms with E-state index in [0.717, 1.165) is 29.8 Å². The van der Waals surface area contributed by atoms with Crippen LogP contribution in [0, 0.1) is 0 Å². The summed E-state index contributed by atoms with van der Waals surface area (Å²) in [5.74, 6) is 0.808. The number of unbranched alkanes of at least 4 members (excludes halogenated alkanes) is 1. The van der Waals surface area contributed by atoms with E-state index in [9.17, 15) is 8.42 Å². The lowest BCUT2D eigenvalue weighted by atomic mass is 10.2. The monoisotopic (exact) mass is 479 g/mol. The number of hydrogen-bond donors (Lipinski definition) is 0. The van der Waals surface area contributed by atoms with E-state index < -0.39 is 10.0 Å². The third-order valence-corrected chi connectivity index (χ3v) is 7.27. The Morgan fingerprint density at radius 3 is 2.38 bits per heavy atom. The van der Waals surface area contributed by atoms with Crippen molar-refractivity contribution in [3.8, 4) is 11.4 Å². The van der Waals surface area contributed by atoms with E-state index in [1.165, 1.54) is 4.31 Å². The molecule has 2 aromatic heterocycles. The molecule has 0 atom stereocenters. The van der Waals surface area contributed by atoms with Crippen LogP contribution in [0.1, 0.15) is 31.0 Å². The topological polar surface area (TPSA) is 82.2 Å². The Labute approximate surface area is 200 Å². The molecule has 0 bridgehead atoms. The fourth-order valence-corrected chi connectivity index (χ4v) is 4.61. The van der Waals surface area contributed by atoms with E-state index in [4.69, 9.17) is 4.74 Å². The van der Waals surface area contributed by atoms with Crippen molar-refractivity contribution in [2.45, 2.75) is 37.8 Å². The highest BCUT2D eigenvalue weighted by molar-refractivity contribution is 7.89. The number of ether oxygens (including phenoxy) is 1. The van der Waals surface area contributed by atoms with Gasteiger partial charge in [-0.25, -0.2) is 13.1 Å². The van der Waals surface area contributed by atoms with Crippen LogP contribution in [-0.2, 0) is 23.1 Å². The zero-order chi connectivity index (χ0) is 24.0. The molecule has 0 saturated carbocycles. The maximum absolute atomic E-state index is 13.0. The first-order valence-corrected chi connectivity index (χ1v) is 12.7. The van der Waals surface area contributed by atoms with Gasteiger partial charge in [0.2, 0.25) is 10.0 Å². The highest BCUT2D eigenvalue weighted by Gasteiger charge is 2.22. The average molecular weight is 480 g/mol. The fraction of sp³-hybridized carbons (Fsp3) is 0.280. The molecule has 0 unspecified atom stereocenters. The van der Waals surface area contributed by atoms with Gasteiger partial charge in [0.15, 0.2) is 0 Å². The van der Waals surface area contributed by atoms with Gasteiger partial charge in [0.05, 0.1) is 35.6 Å². The molecule has 0 aliphatic heterocycles. The molecule has 34 heavy (non-hydrogen) atoms. The lowest BCUT2D eigenvalue weighted by Crippen LogP contribution is -2.26. The van der Waals surface area contributed by atoms with Crippen LogP contribution in [0.5, 0.6) is 5.75 Å². The van der Waals surface area contributed by atoms with Crippen molar-refractivity contribution in [2.75, 3.05) is 13.7 Å². The molecular weight excluding hydrogens is 450 g/mol. The smallest absolute Gasteiger partial charge is 0.243 e. The zero-order valence-electron chi connectivity index (χ0n) is 19.4. The molecule has 0 aliphatic rings. The lowest BCUT2D eigenvalue weighted by molar-refractivity contribution is 0.309. The van der Waals surface area contributed by atoms with Crippen LogP contribution in [0.4, 0.5) is 0 Å². The average Bonchev–Trinajstić information content (AvgIpc) is 3.52. The zero-order valence-corrected chi connectivity index (χ0v) is 20.2. The van der Waals surface area contributed by atoms with Crippen molar-refractivity contribution in [1.82, 2.24) is 23.9 Å². The SMILES string of the molecule is CCCCOc1ccc(-n2cc(CN(C)S(=O)(=O)c3ccc(Cn4cccc4)cc3)nn2)cc1. The molecule has 4 rings (SSSR count). The van der Waals surface area contributed by atoms with Gasteiger partial charge >= 0.3 is 0 Å². The van der Waals surface area contributed by atoms with Gasteiger partial charge in [0, 0.05) is 26.0 Å². The van der Waals surface area contributed by atoms with Crippen LogP contribution in [0.25, 0.3) is 5.69 Å². The summed E-state index contributed by atoms with van der Waals surface area (Å²) in [6.45, 7) is 3.63. The van der Waals surface area contributed by atoms with E-state index >= 15 is 0 Å². The highest BCUT2D eigenvalue weighted by Crippen LogP contribution is 2.19. The number of hydrogen-bond acceptors (Lipinski definition) is 5. The number of rotatable bonds is 11. The molecule has 2 aromatic carbocycles. The van der Waals surface area contributed by atoms with Crippen molar-refractivity contribution in [3.63, 3.8) is 0 Å². The van der Waals surface area contributed by atoms with Gasteiger partial charge in [0.25, 0.3) is 0 Å². The number of benzene rings is 2. The van der Waals surface area contributed by atoms with Crippen molar-refractivity contribution < 1.29 is 13.2 Å². The molecule has 0 amide bonds. The summed E-state index contributed by atoms with van der Waals surface area (Å²) in [6, 6.07) is 18.5. The van der Waals surface area contributed by atoms with Gasteiger partial charge in [-0.1, -0.05) is 30.7 Å². The molecule has 0 N–H and O–H groups in total. The molecule has 4 aromatic rings. The van der Waals surface area contributed by atoms with Crippen molar-refractivity contribution >= 4 is 10.0 Å². The van der Waals surface area contributed by atoms with Crippen LogP contribution < -0.4 is 4.74 Å². The van der Waals surface area contributed by atoms with Crippen LogP contribution in [0.3, 0.4) is 0 Å².